The van der Waals surface area contributed by atoms with Gasteiger partial charge in [-0.2, -0.15) is 0 Å². The number of hydrogen-bond acceptors (Lipinski definition) is 7. The van der Waals surface area contributed by atoms with Crippen LogP contribution in [0, 0.1) is 104 Å². The molecule has 94 heavy (non-hydrogen) atoms. The molecule has 12 nitrogen and oxygen atoms in total. The molecule has 9 aromatic rings. The van der Waals surface area contributed by atoms with Gasteiger partial charge >= 0.3 is 50.5 Å². The van der Waals surface area contributed by atoms with Crippen molar-refractivity contribution in [2.24, 2.45) is 0 Å². The number of aromatic nitrogens is 3. The van der Waals surface area contributed by atoms with Crippen molar-refractivity contribution in [1.29, 1.82) is 0 Å². The minimum Gasteiger partial charge on any atom is -0.693 e. The van der Waals surface area contributed by atoms with E-state index in [0.717, 1.165) is 39.1 Å². The number of rotatable bonds is 8. The molecule has 0 fully saturated rings. The van der Waals surface area contributed by atoms with Crippen LogP contribution in [0.3, 0.4) is 0 Å². The van der Waals surface area contributed by atoms with Gasteiger partial charge in [-0.15, -0.1) is 24.0 Å². The van der Waals surface area contributed by atoms with E-state index in [1.165, 1.54) is 94.6 Å². The fourth-order valence-corrected chi connectivity index (χ4v) is 10.4. The summed E-state index contributed by atoms with van der Waals surface area (Å²) < 4.78 is 13.1. The minimum absolute atomic E-state index is 0. The molecule has 24 heteroatoms. The quantitative estimate of drug-likeness (QED) is 0.0649. The van der Waals surface area contributed by atoms with E-state index in [4.69, 9.17) is 25.6 Å². The van der Waals surface area contributed by atoms with Crippen LogP contribution in [-0.4, -0.2) is 51.3 Å². The fraction of sp³-hybridized carbons (Fsp3) is 0.357. The van der Waals surface area contributed by atoms with Gasteiger partial charge in [0, 0.05) is 128 Å². The van der Waals surface area contributed by atoms with Gasteiger partial charge in [0.2, 0.25) is 9.23 Å². The predicted octanol–water partition coefficient (Wildman–Crippen LogP) is 19.9. The van der Waals surface area contributed by atoms with Gasteiger partial charge in [0.15, 0.2) is 15.7 Å². The van der Waals surface area contributed by atoms with Crippen LogP contribution < -0.4 is 31.7 Å². The number of H-pyrrole nitrogens is 1. The van der Waals surface area contributed by atoms with Crippen LogP contribution in [0.4, 0.5) is 0 Å². The maximum Gasteiger partial charge on any atom is 0.211 e. The Hall–Kier alpha value is -1.67. The zero-order chi connectivity index (χ0) is 66.2. The molecule has 6 aromatic carbocycles. The average Bonchev–Trinajstić information content (AvgIpc) is 1.48. The van der Waals surface area contributed by atoms with Crippen molar-refractivity contribution < 1.29 is 92.5 Å². The second-order valence-electron chi connectivity index (χ2n) is 20.1. The van der Waals surface area contributed by atoms with Crippen LogP contribution in [0.2, 0.25) is 0 Å². The van der Waals surface area contributed by atoms with Crippen molar-refractivity contribution in [2.45, 2.75) is 172 Å². The van der Waals surface area contributed by atoms with E-state index in [0.29, 0.717) is 43.4 Å². The Morgan fingerprint density at radius 2 is 0.745 bits per heavy atom. The number of nitrogens with one attached hydrogen (secondary N) is 2. The van der Waals surface area contributed by atoms with Crippen molar-refractivity contribution in [3.8, 4) is 0 Å². The van der Waals surface area contributed by atoms with Gasteiger partial charge < -0.3 is 58.8 Å². The zero-order valence-electron chi connectivity index (χ0n) is 59.1. The number of fused-ring (bicyclic) bond motifs is 3. The summed E-state index contributed by atoms with van der Waals surface area (Å²) in [6.45, 7) is 48.3. The van der Waals surface area contributed by atoms with Gasteiger partial charge in [0.1, 0.15) is 11.4 Å². The molecule has 0 aliphatic heterocycles. The number of carbonyl (C=O) groups is 3. The number of nitrogens with two attached hydrogens (primary N) is 1. The van der Waals surface area contributed by atoms with E-state index in [2.05, 4.69) is 174 Å². The molecule has 5 radical (unpaired) electrons. The summed E-state index contributed by atoms with van der Waals surface area (Å²) in [5.41, 5.74) is 35.8. The SMILES string of the molecule is CC.CC.CC.CCc1c(C)c(C)c(C)c(C)c1C.Cc1c(C)c(C)c(Cn2c(C([NH-])=O)cc3ccccc32)c(C)c1C.I.I[I-]I.N.N.N.O=S(Cl)Cl.[B]C(=O)c1cc2ccccc2[nH]1.[B]C(=O)c1cc2ccccc2n1Cc1c(C)c(C)c(C)c(C)c1C.[NH2-].[V].[W].[W]. The number of hydrogen-bond donors (Lipinski definition) is 4. The van der Waals surface area contributed by atoms with E-state index in [9.17, 15) is 14.4 Å². The molecular formula is C70H101B2Cl2I4N8O4SVW2-3. The molecule has 9 rings (SSSR count). The van der Waals surface area contributed by atoms with Crippen molar-refractivity contribution >= 4 is 157 Å². The summed E-state index contributed by atoms with van der Waals surface area (Å²) in [7, 11) is 18.1. The number of carbonyl (C=O) groups excluding carboxylic acids is 3. The first-order chi connectivity index (χ1) is 40.6. The van der Waals surface area contributed by atoms with Gasteiger partial charge in [-0.3, -0.25) is 0 Å². The Morgan fingerprint density at radius 3 is 1.02 bits per heavy atom. The molecule has 0 aliphatic carbocycles. The summed E-state index contributed by atoms with van der Waals surface area (Å²) >= 11 is 5.30. The summed E-state index contributed by atoms with van der Waals surface area (Å²) in [5.74, 6) is -0.637. The van der Waals surface area contributed by atoms with Crippen LogP contribution >= 0.6 is 82.6 Å². The van der Waals surface area contributed by atoms with Crippen molar-refractivity contribution in [2.75, 3.05) is 0 Å². The summed E-state index contributed by atoms with van der Waals surface area (Å²) in [4.78, 5) is 37.5. The first kappa shape index (κ1) is 108. The number of benzene rings is 6. The predicted molar refractivity (Wildman–Crippen MR) is 427 cm³/mol. The smallest absolute Gasteiger partial charge is 0.211 e. The van der Waals surface area contributed by atoms with Gasteiger partial charge in [0.25, 0.3) is 0 Å². The van der Waals surface area contributed by atoms with E-state index >= 15 is 0 Å². The molecule has 0 unspecified atom stereocenters. The average molecular weight is 2170 g/mol. The van der Waals surface area contributed by atoms with Crippen LogP contribution in [-0.2, 0) is 89.4 Å². The minimum atomic E-state index is -1.67. The monoisotopic (exact) mass is 2170 g/mol. The largest absolute Gasteiger partial charge is 0.693 e. The van der Waals surface area contributed by atoms with E-state index in [1.807, 2.05) is 136 Å². The molecule has 0 atom stereocenters. The molecule has 519 valence electrons. The summed E-state index contributed by atoms with van der Waals surface area (Å²) in [6, 6.07) is 29.1. The summed E-state index contributed by atoms with van der Waals surface area (Å²) in [6.07, 6.45) is 1.15. The molecule has 0 spiro atoms. The Bertz CT molecular complexity index is 3530. The fourth-order valence-electron chi connectivity index (χ4n) is 10.4. The second-order valence-corrected chi connectivity index (χ2v) is 38.8. The Balaban J connectivity index is -0.000000165. The van der Waals surface area contributed by atoms with Crippen molar-refractivity contribution in [3.63, 3.8) is 0 Å². The molecule has 3 heterocycles. The van der Waals surface area contributed by atoms with E-state index < -0.39 is 20.8 Å². The maximum atomic E-state index is 11.9. The number of halogens is 6. The molecule has 3 aromatic heterocycles. The second kappa shape index (κ2) is 54.1. The molecule has 0 saturated heterocycles. The standard InChI is InChI=1S/C21H22BNO.C21H24N2O.C13H20.C9H6BNO.3C2H6.Cl2OS.I3.HI.3H3N.H2N.V.2W/c2*1-12-13(2)15(4)18(16(5)14(12)3)11-23-19-9-7-6-8-17(19)10-20(23)21(22)24;1-7-13-11(5)9(3)8(2)10(4)12(13)6;10-9(12)8-5-6-3-1-2-4-7(6)11-8;3*1-2;1-4(2)3;1-3-2;;;;;;;;/h6-10H,11H2,1-5H3;6-10H,11H2,1-5H3,(H2,22,24);7H2,1-6H3;1-5,11H;3*1-2H3;;;1H;3*1H3;1H2;;;/q;;;;;;;;-1;;;;;-1;;;/p-1. The number of para-hydroxylation sites is 3. The third-order valence-corrected chi connectivity index (χ3v) is 16.4. The van der Waals surface area contributed by atoms with Gasteiger partial charge in [0.05, 0.1) is 23.0 Å². The maximum absolute atomic E-state index is 11.9. The van der Waals surface area contributed by atoms with Crippen LogP contribution in [0.5, 0.6) is 0 Å². The van der Waals surface area contributed by atoms with Gasteiger partial charge in [-0.25, -0.2) is 4.21 Å². The van der Waals surface area contributed by atoms with Crippen molar-refractivity contribution in [3.05, 3.63) is 220 Å². The number of aromatic amines is 1. The van der Waals surface area contributed by atoms with Crippen LogP contribution in [0.15, 0.2) is 91.0 Å². The van der Waals surface area contributed by atoms with E-state index in [1.54, 1.807) is 11.6 Å². The number of nitrogens with zero attached hydrogens (tertiary/aromatic N) is 2. The molecule has 1 amide bonds. The molecule has 0 aliphatic rings. The topological polar surface area (TPSA) is 256 Å². The van der Waals surface area contributed by atoms with Gasteiger partial charge in [-0.1, -0.05) is 103 Å². The van der Waals surface area contributed by atoms with Crippen molar-refractivity contribution in [1.82, 2.24) is 32.6 Å². The first-order valence-electron chi connectivity index (χ1n) is 29.0. The van der Waals surface area contributed by atoms with Gasteiger partial charge in [-0.05, 0) is 247 Å². The molecule has 13 N–H and O–H groups in total. The number of amides is 1. The summed E-state index contributed by atoms with van der Waals surface area (Å²) in [5, 5.41) is 3.05. The third kappa shape index (κ3) is 29.1. The first-order valence-corrected chi connectivity index (χ1v) is 44.3. The molecular weight excluding hydrogens is 2070 g/mol. The Morgan fingerprint density at radius 1 is 0.489 bits per heavy atom. The third-order valence-electron chi connectivity index (χ3n) is 16.4. The molecule has 0 saturated carbocycles. The molecule has 0 bridgehead atoms. The van der Waals surface area contributed by atoms with Crippen LogP contribution in [0.1, 0.15) is 180 Å². The Labute approximate surface area is 666 Å². The van der Waals surface area contributed by atoms with E-state index in [-0.39, 0.29) is 115 Å². The zero-order valence-corrected chi connectivity index (χ0v) is 77.5. The normalized spacial score (nSPS) is 9.31. The Kier molecular flexibility index (Phi) is 62.4. The van der Waals surface area contributed by atoms with Crippen LogP contribution in [0.25, 0.3) is 44.6 Å².